The third kappa shape index (κ3) is 10.7. The molecule has 1 aromatic carbocycles. The van der Waals surface area contributed by atoms with Gasteiger partial charge >= 0.3 is 6.18 Å². The van der Waals surface area contributed by atoms with Crippen LogP contribution in [0.3, 0.4) is 0 Å². The molecule has 0 unspecified atom stereocenters. The summed E-state index contributed by atoms with van der Waals surface area (Å²) in [5.74, 6) is 1.44. The first-order chi connectivity index (χ1) is 11.9. The van der Waals surface area contributed by atoms with E-state index in [1.165, 1.54) is 0 Å². The smallest absolute Gasteiger partial charge is 0.411 e. The number of benzene rings is 1. The van der Waals surface area contributed by atoms with Crippen molar-refractivity contribution in [3.8, 4) is 5.75 Å². The van der Waals surface area contributed by atoms with Gasteiger partial charge in [-0.15, -0.1) is 24.0 Å². The number of nitrogens with one attached hydrogen (secondary N) is 2. The summed E-state index contributed by atoms with van der Waals surface area (Å²) >= 11 is 0. The predicted octanol–water partition coefficient (Wildman–Crippen LogP) is 3.30. The molecule has 0 spiro atoms. The Labute approximate surface area is 169 Å². The lowest BCUT2D eigenvalue weighted by Gasteiger charge is -2.14. The summed E-state index contributed by atoms with van der Waals surface area (Å²) in [4.78, 5) is 4.08. The van der Waals surface area contributed by atoms with Gasteiger partial charge in [0, 0.05) is 26.7 Å². The zero-order valence-electron chi connectivity index (χ0n) is 15.3. The van der Waals surface area contributed by atoms with Crippen LogP contribution in [0, 0.1) is 6.92 Å². The van der Waals surface area contributed by atoms with Gasteiger partial charge in [-0.25, -0.2) is 0 Å². The highest BCUT2D eigenvalue weighted by Crippen LogP contribution is 2.19. The Kier molecular flexibility index (Phi) is 12.4. The topological polar surface area (TPSA) is 54.9 Å². The largest absolute Gasteiger partial charge is 0.496 e. The molecule has 150 valence electrons. The average Bonchev–Trinajstić information content (AvgIpc) is 2.55. The molecule has 0 radical (unpaired) electrons. The van der Waals surface area contributed by atoms with Gasteiger partial charge in [-0.3, -0.25) is 4.99 Å². The number of ether oxygens (including phenoxy) is 2. The molecule has 0 aliphatic carbocycles. The van der Waals surface area contributed by atoms with Gasteiger partial charge in [0.2, 0.25) is 0 Å². The molecule has 26 heavy (non-hydrogen) atoms. The van der Waals surface area contributed by atoms with E-state index in [9.17, 15) is 13.2 Å². The Hall–Kier alpha value is -1.23. The number of hydrogen-bond donors (Lipinski definition) is 2. The average molecular weight is 489 g/mol. The number of rotatable bonds is 9. The first-order valence-corrected chi connectivity index (χ1v) is 8.08. The molecule has 0 bridgehead atoms. The van der Waals surface area contributed by atoms with Crippen LogP contribution in [0.5, 0.6) is 5.75 Å². The third-order valence-corrected chi connectivity index (χ3v) is 3.37. The molecule has 2 N–H and O–H groups in total. The SMILES string of the molecule is CN=C(NCCCOCC(F)(F)F)NCCc1cc(C)ccc1OC.I. The van der Waals surface area contributed by atoms with Crippen LogP contribution in [0.4, 0.5) is 13.2 Å². The first-order valence-electron chi connectivity index (χ1n) is 8.08. The summed E-state index contributed by atoms with van der Waals surface area (Å²) in [6, 6.07) is 6.02. The number of hydrogen-bond acceptors (Lipinski definition) is 3. The van der Waals surface area contributed by atoms with Crippen molar-refractivity contribution < 1.29 is 22.6 Å². The van der Waals surface area contributed by atoms with Crippen molar-refractivity contribution >= 4 is 29.9 Å². The molecule has 9 heteroatoms. The van der Waals surface area contributed by atoms with Crippen molar-refractivity contribution in [1.82, 2.24) is 10.6 Å². The lowest BCUT2D eigenvalue weighted by atomic mass is 10.1. The van der Waals surface area contributed by atoms with Crippen LogP contribution < -0.4 is 15.4 Å². The van der Waals surface area contributed by atoms with Crippen LogP contribution in [-0.4, -0.2) is 52.6 Å². The van der Waals surface area contributed by atoms with E-state index < -0.39 is 12.8 Å². The molecule has 1 rings (SSSR count). The highest BCUT2D eigenvalue weighted by molar-refractivity contribution is 14.0. The van der Waals surface area contributed by atoms with Gasteiger partial charge < -0.3 is 20.1 Å². The van der Waals surface area contributed by atoms with E-state index in [4.69, 9.17) is 4.74 Å². The Morgan fingerprint density at radius 1 is 1.19 bits per heavy atom. The van der Waals surface area contributed by atoms with Crippen LogP contribution in [0.15, 0.2) is 23.2 Å². The van der Waals surface area contributed by atoms with E-state index in [0.29, 0.717) is 25.5 Å². The highest BCUT2D eigenvalue weighted by atomic mass is 127. The molecule has 5 nitrogen and oxygen atoms in total. The summed E-state index contributed by atoms with van der Waals surface area (Å²) in [7, 11) is 3.28. The van der Waals surface area contributed by atoms with Crippen molar-refractivity contribution in [3.63, 3.8) is 0 Å². The minimum absolute atomic E-state index is 0. The molecule has 0 amide bonds. The fourth-order valence-corrected chi connectivity index (χ4v) is 2.21. The van der Waals surface area contributed by atoms with Gasteiger partial charge in [-0.2, -0.15) is 13.2 Å². The zero-order valence-corrected chi connectivity index (χ0v) is 17.6. The van der Waals surface area contributed by atoms with Crippen LogP contribution >= 0.6 is 24.0 Å². The minimum atomic E-state index is -4.28. The summed E-state index contributed by atoms with van der Waals surface area (Å²) in [6.07, 6.45) is -3.05. The fourth-order valence-electron chi connectivity index (χ4n) is 2.21. The van der Waals surface area contributed by atoms with Gasteiger partial charge in [0.25, 0.3) is 0 Å². The quantitative estimate of drug-likeness (QED) is 0.242. The third-order valence-electron chi connectivity index (χ3n) is 3.37. The molecular weight excluding hydrogens is 462 g/mol. The van der Waals surface area contributed by atoms with Crippen molar-refractivity contribution in [1.29, 1.82) is 0 Å². The molecule has 0 saturated carbocycles. The van der Waals surface area contributed by atoms with Gasteiger partial charge in [-0.1, -0.05) is 17.7 Å². The normalized spacial score (nSPS) is 11.7. The Bertz CT molecular complexity index is 555. The molecule has 0 saturated heterocycles. The van der Waals surface area contributed by atoms with Crippen LogP contribution in [0.25, 0.3) is 0 Å². The van der Waals surface area contributed by atoms with Crippen molar-refractivity contribution in [2.75, 3.05) is 40.5 Å². The number of alkyl halides is 3. The maximum Gasteiger partial charge on any atom is 0.411 e. The molecule has 0 aliphatic rings. The van der Waals surface area contributed by atoms with E-state index in [1.54, 1.807) is 14.2 Å². The van der Waals surface area contributed by atoms with E-state index >= 15 is 0 Å². The zero-order chi connectivity index (χ0) is 18.7. The highest BCUT2D eigenvalue weighted by Gasteiger charge is 2.27. The number of halogens is 4. The molecular formula is C17H27F3IN3O2. The molecule has 0 heterocycles. The predicted molar refractivity (Wildman–Crippen MR) is 108 cm³/mol. The molecule has 0 aromatic heterocycles. The Balaban J connectivity index is 0.00000625. The van der Waals surface area contributed by atoms with E-state index in [1.807, 2.05) is 19.1 Å². The number of guanidine groups is 1. The molecule has 1 aromatic rings. The van der Waals surface area contributed by atoms with Gasteiger partial charge in [0.1, 0.15) is 12.4 Å². The lowest BCUT2D eigenvalue weighted by molar-refractivity contribution is -0.173. The summed E-state index contributed by atoms with van der Waals surface area (Å²) in [6.45, 7) is 2.00. The van der Waals surface area contributed by atoms with Gasteiger partial charge in [-0.05, 0) is 31.4 Å². The second-order valence-electron chi connectivity index (χ2n) is 5.51. The Morgan fingerprint density at radius 3 is 2.50 bits per heavy atom. The summed E-state index contributed by atoms with van der Waals surface area (Å²) in [5, 5.41) is 6.21. The van der Waals surface area contributed by atoms with Crippen LogP contribution in [0.1, 0.15) is 17.5 Å². The second kappa shape index (κ2) is 13.0. The van der Waals surface area contributed by atoms with Crippen LogP contribution in [0.2, 0.25) is 0 Å². The monoisotopic (exact) mass is 489 g/mol. The minimum Gasteiger partial charge on any atom is -0.496 e. The Morgan fingerprint density at radius 2 is 1.88 bits per heavy atom. The maximum atomic E-state index is 11.9. The summed E-state index contributed by atoms with van der Waals surface area (Å²) < 4.78 is 45.7. The van der Waals surface area contributed by atoms with E-state index in [-0.39, 0.29) is 30.6 Å². The number of nitrogens with zero attached hydrogens (tertiary/aromatic N) is 1. The molecule has 0 aliphatic heterocycles. The van der Waals surface area contributed by atoms with Crippen molar-refractivity contribution in [3.05, 3.63) is 29.3 Å². The maximum absolute atomic E-state index is 11.9. The summed E-state index contributed by atoms with van der Waals surface area (Å²) in [5.41, 5.74) is 2.27. The number of methoxy groups -OCH3 is 1. The second-order valence-corrected chi connectivity index (χ2v) is 5.51. The molecule has 0 atom stereocenters. The standard InChI is InChI=1S/C17H26F3N3O2.HI/c1-13-5-6-15(24-3)14(11-13)7-9-23-16(21-2)22-8-4-10-25-12-17(18,19)20;/h5-6,11H,4,7-10,12H2,1-3H3,(H2,21,22,23);1H. The van der Waals surface area contributed by atoms with Crippen LogP contribution in [-0.2, 0) is 11.2 Å². The van der Waals surface area contributed by atoms with E-state index in [0.717, 1.165) is 23.3 Å². The molecule has 0 fully saturated rings. The fraction of sp³-hybridized carbons (Fsp3) is 0.588. The van der Waals surface area contributed by atoms with Gasteiger partial charge in [0.05, 0.1) is 7.11 Å². The number of aryl methyl sites for hydroxylation is 1. The lowest BCUT2D eigenvalue weighted by Crippen LogP contribution is -2.39. The first kappa shape index (κ1) is 24.8. The van der Waals surface area contributed by atoms with Crippen molar-refractivity contribution in [2.45, 2.75) is 25.9 Å². The van der Waals surface area contributed by atoms with Gasteiger partial charge in [0.15, 0.2) is 5.96 Å². The number of aliphatic imine (C=N–C) groups is 1. The van der Waals surface area contributed by atoms with E-state index in [2.05, 4.69) is 26.4 Å². The van der Waals surface area contributed by atoms with Crippen molar-refractivity contribution in [2.24, 2.45) is 4.99 Å².